The van der Waals surface area contributed by atoms with Crippen molar-refractivity contribution in [3.63, 3.8) is 0 Å². The summed E-state index contributed by atoms with van der Waals surface area (Å²) in [5, 5.41) is 38.4. The summed E-state index contributed by atoms with van der Waals surface area (Å²) in [6.45, 7) is 0. The highest BCUT2D eigenvalue weighted by Crippen LogP contribution is 2.36. The fourth-order valence-electron chi connectivity index (χ4n) is 4.38. The van der Waals surface area contributed by atoms with Gasteiger partial charge in [-0.25, -0.2) is 19.2 Å². The van der Waals surface area contributed by atoms with Crippen LogP contribution >= 0.6 is 0 Å². The van der Waals surface area contributed by atoms with Gasteiger partial charge >= 0.3 is 44.1 Å². The van der Waals surface area contributed by atoms with Crippen molar-refractivity contribution >= 4 is 44.1 Å². The van der Waals surface area contributed by atoms with E-state index in [-0.39, 0.29) is 22.3 Å². The topological polar surface area (TPSA) is 227 Å². The molecule has 0 spiro atoms. The van der Waals surface area contributed by atoms with Crippen LogP contribution in [0.25, 0.3) is 22.3 Å². The Morgan fingerprint density at radius 2 is 0.767 bits per heavy atom. The Morgan fingerprint density at radius 3 is 1.09 bits per heavy atom. The van der Waals surface area contributed by atoms with E-state index in [1.165, 1.54) is 36.4 Å². The third kappa shape index (κ3) is 5.85. The van der Waals surface area contributed by atoms with Crippen LogP contribution in [0, 0.1) is 0 Å². The summed E-state index contributed by atoms with van der Waals surface area (Å²) in [7, 11) is -10.6. The second-order valence-electron chi connectivity index (χ2n) is 8.65. The number of carboxylic acid groups (broad SMARTS) is 4. The molecule has 0 aliphatic rings. The first-order chi connectivity index (χ1) is 20.2. The smallest absolute Gasteiger partial charge is 0.337 e. The second kappa shape index (κ2) is 11.5. The van der Waals surface area contributed by atoms with Gasteiger partial charge in [0.1, 0.15) is 9.79 Å². The maximum Gasteiger partial charge on any atom is 0.337 e. The number of hydrogen-bond acceptors (Lipinski definition) is 9. The average molecular weight is 627 g/mol. The molecule has 4 N–H and O–H groups in total. The molecule has 0 aliphatic carbocycles. The molecule has 0 unspecified atom stereocenters. The number of hydrogen-bond donors (Lipinski definition) is 4. The minimum atomic E-state index is -5.31. The summed E-state index contributed by atoms with van der Waals surface area (Å²) in [6, 6.07) is 15.7. The Hall–Kier alpha value is -5.38. The van der Waals surface area contributed by atoms with Crippen LogP contribution in [0.1, 0.15) is 41.4 Å². The van der Waals surface area contributed by atoms with E-state index in [4.69, 9.17) is 3.63 Å². The summed E-state index contributed by atoms with van der Waals surface area (Å²) in [5.74, 6) is -6.61. The second-order valence-corrected chi connectivity index (χ2v) is 11.9. The number of rotatable bonds is 10. The molecule has 0 radical (unpaired) electrons. The lowest BCUT2D eigenvalue weighted by atomic mass is 9.95. The van der Waals surface area contributed by atoms with Gasteiger partial charge in [-0.05, 0) is 35.4 Å². The quantitative estimate of drug-likeness (QED) is 0.196. The molecule has 13 nitrogen and oxygen atoms in total. The van der Waals surface area contributed by atoms with Crippen LogP contribution in [0.5, 0.6) is 0 Å². The largest absolute Gasteiger partial charge is 0.478 e. The number of benzene rings is 4. The van der Waals surface area contributed by atoms with Gasteiger partial charge < -0.3 is 20.4 Å². The molecule has 0 bridgehead atoms. The third-order valence-electron chi connectivity index (χ3n) is 6.09. The van der Waals surface area contributed by atoms with E-state index in [0.717, 1.165) is 48.5 Å². The number of carboxylic acids is 4. The molecule has 4 rings (SSSR count). The van der Waals surface area contributed by atoms with Gasteiger partial charge in [-0.3, -0.25) is 0 Å². The molecule has 0 saturated heterocycles. The molecule has 4 aromatic rings. The zero-order valence-electron chi connectivity index (χ0n) is 21.4. The molecule has 0 amide bonds. The average Bonchev–Trinajstić information content (AvgIpc) is 2.95. The lowest BCUT2D eigenvalue weighted by Gasteiger charge is -2.16. The van der Waals surface area contributed by atoms with Crippen molar-refractivity contribution in [2.75, 3.05) is 0 Å². The van der Waals surface area contributed by atoms with Crippen molar-refractivity contribution in [1.82, 2.24) is 0 Å². The Labute approximate surface area is 243 Å². The molecule has 0 heterocycles. The van der Waals surface area contributed by atoms with Gasteiger partial charge in [-0.2, -0.15) is 16.8 Å². The molecular formula is C28H18O13S2. The molecule has 0 saturated carbocycles. The van der Waals surface area contributed by atoms with E-state index in [2.05, 4.69) is 0 Å². The molecule has 0 aromatic heterocycles. The van der Waals surface area contributed by atoms with E-state index in [0.29, 0.717) is 0 Å². The summed E-state index contributed by atoms with van der Waals surface area (Å²) in [4.78, 5) is 45.7. The molecule has 0 atom stereocenters. The Balaban J connectivity index is 1.89. The maximum absolute atomic E-state index is 13.4. The number of aromatic carboxylic acids is 4. The third-order valence-corrected chi connectivity index (χ3v) is 9.31. The minimum Gasteiger partial charge on any atom is -0.478 e. The minimum absolute atomic E-state index is 0.357. The summed E-state index contributed by atoms with van der Waals surface area (Å²) < 4.78 is 58.5. The SMILES string of the molecule is O=C(O)c1cccc(-c2ccccc2S(=O)(=O)OS(=O)(=O)c2ccccc2-c2cccc(C(=O)O)c2C(=O)O)c1C(=O)O. The van der Waals surface area contributed by atoms with Gasteiger partial charge in [-0.1, -0.05) is 60.7 Å². The first-order valence-electron chi connectivity index (χ1n) is 11.8. The molecule has 43 heavy (non-hydrogen) atoms. The van der Waals surface area contributed by atoms with Gasteiger partial charge in [0, 0.05) is 11.1 Å². The monoisotopic (exact) mass is 626 g/mol. The van der Waals surface area contributed by atoms with Crippen molar-refractivity contribution in [3.05, 3.63) is 107 Å². The molecular weight excluding hydrogens is 608 g/mol. The maximum atomic E-state index is 13.4. The predicted octanol–water partition coefficient (Wildman–Crippen LogP) is 3.91. The fourth-order valence-corrected chi connectivity index (χ4v) is 7.29. The van der Waals surface area contributed by atoms with E-state index >= 15 is 0 Å². The van der Waals surface area contributed by atoms with E-state index < -0.39 is 76.2 Å². The lowest BCUT2D eigenvalue weighted by molar-refractivity contribution is 0.0652. The molecule has 0 fully saturated rings. The van der Waals surface area contributed by atoms with Crippen LogP contribution in [-0.4, -0.2) is 61.1 Å². The van der Waals surface area contributed by atoms with Gasteiger partial charge in [0.15, 0.2) is 0 Å². The van der Waals surface area contributed by atoms with Crippen molar-refractivity contribution in [2.24, 2.45) is 0 Å². The molecule has 0 aliphatic heterocycles. The van der Waals surface area contributed by atoms with Crippen LogP contribution in [0.15, 0.2) is 94.7 Å². The molecule has 15 heteroatoms. The van der Waals surface area contributed by atoms with Gasteiger partial charge in [-0.15, -0.1) is 3.63 Å². The van der Waals surface area contributed by atoms with Crippen LogP contribution in [0.2, 0.25) is 0 Å². The van der Waals surface area contributed by atoms with E-state index in [1.54, 1.807) is 0 Å². The molecule has 4 aromatic carbocycles. The summed E-state index contributed by atoms with van der Waals surface area (Å²) in [5.41, 5.74) is -4.30. The van der Waals surface area contributed by atoms with Gasteiger partial charge in [0.05, 0.1) is 22.3 Å². The summed E-state index contributed by atoms with van der Waals surface area (Å²) >= 11 is 0. The highest BCUT2D eigenvalue weighted by molar-refractivity contribution is 8.00. The van der Waals surface area contributed by atoms with Crippen molar-refractivity contribution in [1.29, 1.82) is 0 Å². The highest BCUT2D eigenvalue weighted by Gasteiger charge is 2.33. The van der Waals surface area contributed by atoms with E-state index in [1.807, 2.05) is 0 Å². The first-order valence-corrected chi connectivity index (χ1v) is 14.6. The Morgan fingerprint density at radius 1 is 0.442 bits per heavy atom. The van der Waals surface area contributed by atoms with E-state index in [9.17, 15) is 56.4 Å². The first kappa shape index (κ1) is 30.6. The Bertz CT molecular complexity index is 1900. The van der Waals surface area contributed by atoms with Crippen molar-refractivity contribution in [2.45, 2.75) is 9.79 Å². The lowest BCUT2D eigenvalue weighted by Crippen LogP contribution is -2.17. The fraction of sp³-hybridized carbons (Fsp3) is 0. The predicted molar refractivity (Wildman–Crippen MR) is 147 cm³/mol. The van der Waals surface area contributed by atoms with Gasteiger partial charge in [0.25, 0.3) is 0 Å². The Kier molecular flexibility index (Phi) is 8.16. The van der Waals surface area contributed by atoms with Crippen LogP contribution in [0.3, 0.4) is 0 Å². The summed E-state index contributed by atoms with van der Waals surface area (Å²) in [6.07, 6.45) is 0. The van der Waals surface area contributed by atoms with Crippen molar-refractivity contribution < 1.29 is 60.1 Å². The zero-order valence-corrected chi connectivity index (χ0v) is 23.0. The highest BCUT2D eigenvalue weighted by atomic mass is 32.3. The van der Waals surface area contributed by atoms with Crippen molar-refractivity contribution in [3.8, 4) is 22.3 Å². The van der Waals surface area contributed by atoms with Crippen LogP contribution in [-0.2, 0) is 23.9 Å². The normalized spacial score (nSPS) is 11.5. The number of carbonyl (C=O) groups is 4. The van der Waals surface area contributed by atoms with Crippen LogP contribution < -0.4 is 0 Å². The van der Waals surface area contributed by atoms with Gasteiger partial charge in [0.2, 0.25) is 0 Å². The zero-order chi connectivity index (χ0) is 31.7. The van der Waals surface area contributed by atoms with Crippen LogP contribution in [0.4, 0.5) is 0 Å². The standard InChI is InChI=1S/C28H18O13S2/c29-25(30)19-11-5-9-17(23(19)27(33)34)15-7-1-3-13-21(15)42(37,38)41-43(39,40)22-14-4-2-8-16(22)18-10-6-12-20(26(31)32)24(18)28(35)36/h1-14H,(H,29,30)(H,31,32)(H,33,34)(H,35,36). The molecule has 220 valence electrons.